The van der Waals surface area contributed by atoms with E-state index in [1.54, 1.807) is 5.57 Å². The molecule has 0 radical (unpaired) electrons. The monoisotopic (exact) mass is 442 g/mol. The van der Waals surface area contributed by atoms with Crippen molar-refractivity contribution in [3.05, 3.63) is 11.6 Å². The number of ether oxygens (including phenoxy) is 1. The Morgan fingerprint density at radius 2 is 1.81 bits per heavy atom. The van der Waals surface area contributed by atoms with Crippen molar-refractivity contribution in [2.75, 3.05) is 0 Å². The third-order valence-electron chi connectivity index (χ3n) is 10.6. The molecule has 0 saturated heterocycles. The molecule has 0 aromatic rings. The Kier molecular flexibility index (Phi) is 6.69. The zero-order chi connectivity index (χ0) is 23.3. The number of carbonyl (C=O) groups is 2. The molecule has 32 heavy (non-hydrogen) atoms. The van der Waals surface area contributed by atoms with E-state index in [-0.39, 0.29) is 18.0 Å². The van der Waals surface area contributed by atoms with Gasteiger partial charge in [-0.2, -0.15) is 0 Å². The smallest absolute Gasteiger partial charge is 0.302 e. The molecule has 0 amide bonds. The maximum Gasteiger partial charge on any atom is 0.302 e. The Morgan fingerprint density at radius 1 is 1.06 bits per heavy atom. The molecule has 0 bridgehead atoms. The van der Waals surface area contributed by atoms with Gasteiger partial charge in [0.1, 0.15) is 11.9 Å². The van der Waals surface area contributed by atoms with Crippen LogP contribution in [0.15, 0.2) is 11.6 Å². The van der Waals surface area contributed by atoms with Crippen LogP contribution in [0, 0.1) is 46.3 Å². The number of hydrogen-bond acceptors (Lipinski definition) is 3. The lowest BCUT2D eigenvalue weighted by molar-refractivity contribution is -0.148. The second-order valence-corrected chi connectivity index (χ2v) is 12.6. The first-order valence-electron chi connectivity index (χ1n) is 13.5. The molecule has 0 heterocycles. The van der Waals surface area contributed by atoms with Gasteiger partial charge in [-0.25, -0.2) is 0 Å². The molecule has 3 fully saturated rings. The number of allylic oxidation sites excluding steroid dienone is 1. The van der Waals surface area contributed by atoms with Gasteiger partial charge in [0, 0.05) is 25.7 Å². The topological polar surface area (TPSA) is 43.4 Å². The Labute approximate surface area is 196 Å². The molecule has 0 aliphatic heterocycles. The van der Waals surface area contributed by atoms with E-state index in [1.807, 2.05) is 13.8 Å². The summed E-state index contributed by atoms with van der Waals surface area (Å²) in [6, 6.07) is 0. The maximum absolute atomic E-state index is 12.2. The van der Waals surface area contributed by atoms with Gasteiger partial charge in [-0.15, -0.1) is 0 Å². The van der Waals surface area contributed by atoms with Crippen molar-refractivity contribution in [2.45, 2.75) is 112 Å². The number of rotatable bonds is 6. The van der Waals surface area contributed by atoms with Gasteiger partial charge in [0.25, 0.3) is 0 Å². The standard InChI is InChI=1S/C29H46O3/c1-18(2)27(31)12-7-19(3)24-10-11-25-23-9-8-21-17-22(32-20(4)30)13-15-28(21,5)26(23)14-16-29(24,25)6/h8,18-19,22-26H,7,9-17H2,1-6H3/t19-,22-,23+,24-,25+,26+,28+,29-/m1/s1. The lowest BCUT2D eigenvalue weighted by atomic mass is 9.47. The molecule has 3 nitrogen and oxygen atoms in total. The van der Waals surface area contributed by atoms with E-state index in [0.717, 1.165) is 49.4 Å². The van der Waals surface area contributed by atoms with Gasteiger partial charge in [-0.05, 0) is 91.8 Å². The minimum Gasteiger partial charge on any atom is -0.462 e. The molecular weight excluding hydrogens is 396 g/mol. The fraction of sp³-hybridized carbons (Fsp3) is 0.862. The molecule has 4 aliphatic rings. The van der Waals surface area contributed by atoms with Crippen molar-refractivity contribution in [3.8, 4) is 0 Å². The summed E-state index contributed by atoms with van der Waals surface area (Å²) in [6.45, 7) is 13.2. The molecule has 3 heteroatoms. The highest BCUT2D eigenvalue weighted by atomic mass is 16.5. The van der Waals surface area contributed by atoms with E-state index in [0.29, 0.717) is 22.5 Å². The number of esters is 1. The Balaban J connectivity index is 1.47. The average Bonchev–Trinajstić information content (AvgIpc) is 3.08. The summed E-state index contributed by atoms with van der Waals surface area (Å²) >= 11 is 0. The molecule has 8 atom stereocenters. The molecule has 0 N–H and O–H groups in total. The molecule has 0 spiro atoms. The third kappa shape index (κ3) is 4.11. The molecule has 3 saturated carbocycles. The number of ketones is 1. The van der Waals surface area contributed by atoms with Gasteiger partial charge < -0.3 is 4.74 Å². The van der Waals surface area contributed by atoms with E-state index in [2.05, 4.69) is 26.8 Å². The van der Waals surface area contributed by atoms with Crippen LogP contribution in [0.5, 0.6) is 0 Å². The highest BCUT2D eigenvalue weighted by Crippen LogP contribution is 2.67. The van der Waals surface area contributed by atoms with E-state index >= 15 is 0 Å². The van der Waals surface area contributed by atoms with Crippen molar-refractivity contribution in [1.82, 2.24) is 0 Å². The first kappa shape index (κ1) is 24.0. The van der Waals surface area contributed by atoms with Crippen LogP contribution in [0.3, 0.4) is 0 Å². The number of fused-ring (bicyclic) bond motifs is 5. The number of carbonyl (C=O) groups excluding carboxylic acids is 2. The molecule has 4 rings (SSSR count). The van der Waals surface area contributed by atoms with Crippen molar-refractivity contribution in [2.24, 2.45) is 46.3 Å². The summed E-state index contributed by atoms with van der Waals surface area (Å²) in [5.74, 6) is 4.31. The zero-order valence-corrected chi connectivity index (χ0v) is 21.4. The first-order chi connectivity index (χ1) is 15.1. The van der Waals surface area contributed by atoms with Crippen LogP contribution in [0.25, 0.3) is 0 Å². The zero-order valence-electron chi connectivity index (χ0n) is 21.4. The molecule has 0 unspecified atom stereocenters. The first-order valence-corrected chi connectivity index (χ1v) is 13.5. The predicted octanol–water partition coefficient (Wildman–Crippen LogP) is 7.14. The highest BCUT2D eigenvalue weighted by molar-refractivity contribution is 5.80. The molecule has 0 aromatic heterocycles. The van der Waals surface area contributed by atoms with Gasteiger partial charge in [0.15, 0.2) is 0 Å². The quantitative estimate of drug-likeness (QED) is 0.324. The summed E-state index contributed by atoms with van der Waals surface area (Å²) < 4.78 is 5.60. The van der Waals surface area contributed by atoms with Crippen molar-refractivity contribution >= 4 is 11.8 Å². The van der Waals surface area contributed by atoms with E-state index < -0.39 is 0 Å². The van der Waals surface area contributed by atoms with Gasteiger partial charge >= 0.3 is 5.97 Å². The van der Waals surface area contributed by atoms with Crippen LogP contribution in [0.2, 0.25) is 0 Å². The lowest BCUT2D eigenvalue weighted by Gasteiger charge is -2.58. The van der Waals surface area contributed by atoms with Gasteiger partial charge in [-0.1, -0.05) is 46.3 Å². The minimum absolute atomic E-state index is 0.0856. The summed E-state index contributed by atoms with van der Waals surface area (Å²) in [5, 5.41) is 0. The molecular formula is C29H46O3. The van der Waals surface area contributed by atoms with Crippen molar-refractivity contribution < 1.29 is 14.3 Å². The van der Waals surface area contributed by atoms with Gasteiger partial charge in [-0.3, -0.25) is 9.59 Å². The van der Waals surface area contributed by atoms with Crippen molar-refractivity contribution in [3.63, 3.8) is 0 Å². The fourth-order valence-electron chi connectivity index (χ4n) is 8.80. The van der Waals surface area contributed by atoms with E-state index in [1.165, 1.54) is 45.4 Å². The molecule has 0 aromatic carbocycles. The number of Topliss-reactive ketones (excluding diaryl/α,β-unsaturated/α-hetero) is 1. The van der Waals surface area contributed by atoms with Crippen LogP contribution in [0.1, 0.15) is 106 Å². The van der Waals surface area contributed by atoms with Gasteiger partial charge in [0.2, 0.25) is 0 Å². The third-order valence-corrected chi connectivity index (χ3v) is 10.6. The molecule has 180 valence electrons. The van der Waals surface area contributed by atoms with Crippen molar-refractivity contribution in [1.29, 1.82) is 0 Å². The Morgan fingerprint density at radius 3 is 2.50 bits per heavy atom. The Hall–Kier alpha value is -1.12. The van der Waals surface area contributed by atoms with Gasteiger partial charge in [0.05, 0.1) is 0 Å². The predicted molar refractivity (Wildman–Crippen MR) is 129 cm³/mol. The second-order valence-electron chi connectivity index (χ2n) is 12.6. The van der Waals surface area contributed by atoms with Crippen LogP contribution < -0.4 is 0 Å². The van der Waals surface area contributed by atoms with Crippen LogP contribution in [-0.4, -0.2) is 17.9 Å². The SMILES string of the molecule is CC(=O)O[C@@H]1CC[C@@]2(C)C(=CC[C@H]3[C@@H]4CC[C@H]([C@H](C)CCC(=O)C(C)C)[C@@]4(C)CC[C@@H]32)C1. The van der Waals surface area contributed by atoms with E-state index in [9.17, 15) is 9.59 Å². The Bertz CT molecular complexity index is 766. The summed E-state index contributed by atoms with van der Waals surface area (Å²) in [4.78, 5) is 23.7. The normalized spacial score (nSPS) is 41.8. The average molecular weight is 443 g/mol. The summed E-state index contributed by atoms with van der Waals surface area (Å²) in [5.41, 5.74) is 2.32. The fourth-order valence-corrected chi connectivity index (χ4v) is 8.80. The number of hydrogen-bond donors (Lipinski definition) is 0. The largest absolute Gasteiger partial charge is 0.462 e. The van der Waals surface area contributed by atoms with Crippen LogP contribution in [-0.2, 0) is 14.3 Å². The molecule has 4 aliphatic carbocycles. The summed E-state index contributed by atoms with van der Waals surface area (Å²) in [6.07, 6.45) is 14.2. The maximum atomic E-state index is 12.2. The minimum atomic E-state index is -0.137. The highest BCUT2D eigenvalue weighted by Gasteiger charge is 2.59. The van der Waals surface area contributed by atoms with Crippen LogP contribution >= 0.6 is 0 Å². The summed E-state index contributed by atoms with van der Waals surface area (Å²) in [7, 11) is 0. The van der Waals surface area contributed by atoms with E-state index in [4.69, 9.17) is 4.74 Å². The lowest BCUT2D eigenvalue weighted by Crippen LogP contribution is -2.51. The van der Waals surface area contributed by atoms with Crippen LogP contribution in [0.4, 0.5) is 0 Å². The second kappa shape index (κ2) is 8.91.